The molecule has 0 spiro atoms. The number of hydrogen-bond donors (Lipinski definition) is 0. The number of esters is 1. The van der Waals surface area contributed by atoms with Crippen molar-refractivity contribution in [3.63, 3.8) is 0 Å². The molecule has 0 N–H and O–H groups in total. The summed E-state index contributed by atoms with van der Waals surface area (Å²) >= 11 is 0. The average Bonchev–Trinajstić information content (AvgIpc) is 2.40. The minimum absolute atomic E-state index is 0.346. The molecule has 88 valence electrons. The summed E-state index contributed by atoms with van der Waals surface area (Å²) in [4.78, 5) is 11.8. The predicted molar refractivity (Wildman–Crippen MR) is 76.1 cm³/mol. The second-order valence-electron chi connectivity index (χ2n) is 4.03. The Balaban J connectivity index is 2.10. The van der Waals surface area contributed by atoms with Crippen molar-refractivity contribution < 1.29 is 9.53 Å². The van der Waals surface area contributed by atoms with E-state index >= 15 is 0 Å². The van der Waals surface area contributed by atoms with E-state index in [2.05, 4.69) is 6.58 Å². The van der Waals surface area contributed by atoms with E-state index in [9.17, 15) is 4.79 Å². The van der Waals surface area contributed by atoms with Gasteiger partial charge in [-0.2, -0.15) is 0 Å². The van der Waals surface area contributed by atoms with Gasteiger partial charge in [0.2, 0.25) is 0 Å². The van der Waals surface area contributed by atoms with Gasteiger partial charge in [-0.15, -0.1) is 0 Å². The fraction of sp³-hybridized carbons (Fsp3) is 0. The normalized spacial score (nSPS) is 9.78. The summed E-state index contributed by atoms with van der Waals surface area (Å²) in [5.41, 5.74) is 2.65. The van der Waals surface area contributed by atoms with Gasteiger partial charge in [0.15, 0.2) is 0 Å². The fourth-order valence-electron chi connectivity index (χ4n) is 1.53. The number of benzene rings is 2. The number of carbonyl (C=O) groups excluding carboxylic acids is 1. The minimum Gasteiger partial charge on any atom is -0.423 e. The van der Waals surface area contributed by atoms with Gasteiger partial charge in [-0.1, -0.05) is 42.4 Å². The molecule has 0 amide bonds. The van der Waals surface area contributed by atoms with E-state index in [-0.39, 0.29) is 5.97 Å². The molecular weight excluding hydrogens is 223 g/mol. The average molecular weight is 236 g/mol. The molecule has 0 saturated heterocycles. The first-order valence-corrected chi connectivity index (χ1v) is 5.70. The highest BCUT2D eigenvalue weighted by Gasteiger charge is 2.07. The van der Waals surface area contributed by atoms with E-state index in [1.165, 1.54) is 0 Å². The highest BCUT2D eigenvalue weighted by molar-refractivity contribution is 6.32. The first-order chi connectivity index (χ1) is 8.69. The van der Waals surface area contributed by atoms with E-state index in [0.717, 1.165) is 11.0 Å². The van der Waals surface area contributed by atoms with Gasteiger partial charge in [0.05, 0.1) is 5.56 Å². The maximum Gasteiger partial charge on any atom is 0.343 e. The lowest BCUT2D eigenvalue weighted by Gasteiger charge is -2.04. The molecule has 0 atom stereocenters. The molecule has 0 aliphatic carbocycles. The summed E-state index contributed by atoms with van der Waals surface area (Å²) in [7, 11) is 1.98. The van der Waals surface area contributed by atoms with Crippen molar-refractivity contribution in [2.45, 2.75) is 0 Å². The van der Waals surface area contributed by atoms with E-state index in [1.807, 2.05) is 32.1 Å². The maximum atomic E-state index is 11.8. The van der Waals surface area contributed by atoms with E-state index in [1.54, 1.807) is 30.3 Å². The third kappa shape index (κ3) is 2.89. The van der Waals surface area contributed by atoms with Gasteiger partial charge in [-0.25, -0.2) is 4.79 Å². The van der Waals surface area contributed by atoms with Crippen LogP contribution in [0.2, 0.25) is 0 Å². The Morgan fingerprint density at radius 2 is 1.67 bits per heavy atom. The molecule has 2 nitrogen and oxygen atoms in total. The topological polar surface area (TPSA) is 26.3 Å². The van der Waals surface area contributed by atoms with Gasteiger partial charge < -0.3 is 4.74 Å². The van der Waals surface area contributed by atoms with Crippen molar-refractivity contribution in [2.24, 2.45) is 0 Å². The lowest BCUT2D eigenvalue weighted by atomic mass is 9.95. The molecule has 18 heavy (non-hydrogen) atoms. The molecule has 3 heteroatoms. The van der Waals surface area contributed by atoms with Crippen molar-refractivity contribution in [1.29, 1.82) is 0 Å². The zero-order valence-corrected chi connectivity index (χ0v) is 10.2. The monoisotopic (exact) mass is 236 g/mol. The van der Waals surface area contributed by atoms with Crippen LogP contribution in [0.25, 0.3) is 6.08 Å². The SMILES string of the molecule is Bc1ccc(C(=O)Oc2ccc(C=C)cc2)cc1. The predicted octanol–water partition coefficient (Wildman–Crippen LogP) is 1.81. The van der Waals surface area contributed by atoms with Gasteiger partial charge in [0.1, 0.15) is 13.6 Å². The van der Waals surface area contributed by atoms with E-state index in [4.69, 9.17) is 4.74 Å². The molecule has 2 aromatic carbocycles. The maximum absolute atomic E-state index is 11.8. The van der Waals surface area contributed by atoms with Crippen LogP contribution in [0.5, 0.6) is 5.75 Å². The van der Waals surface area contributed by atoms with Crippen LogP contribution in [0.3, 0.4) is 0 Å². The first-order valence-electron chi connectivity index (χ1n) is 5.70. The molecule has 0 aromatic heterocycles. The Morgan fingerprint density at radius 1 is 1.06 bits per heavy atom. The summed E-state index contributed by atoms with van der Waals surface area (Å²) < 4.78 is 5.27. The second-order valence-corrected chi connectivity index (χ2v) is 4.03. The van der Waals surface area contributed by atoms with Crippen LogP contribution in [0.15, 0.2) is 55.1 Å². The highest BCUT2D eigenvalue weighted by atomic mass is 16.5. The quantitative estimate of drug-likeness (QED) is 0.461. The van der Waals surface area contributed by atoms with Crippen molar-refractivity contribution in [1.82, 2.24) is 0 Å². The summed E-state index contributed by atoms with van der Waals surface area (Å²) in [6.07, 6.45) is 1.74. The molecule has 2 rings (SSSR count). The number of rotatable bonds is 3. The van der Waals surface area contributed by atoms with Crippen LogP contribution >= 0.6 is 0 Å². The molecule has 0 radical (unpaired) electrons. The Kier molecular flexibility index (Phi) is 3.63. The van der Waals surface area contributed by atoms with Crippen molar-refractivity contribution in [3.8, 4) is 5.75 Å². The summed E-state index contributed by atoms with van der Waals surface area (Å²) in [5.74, 6) is 0.188. The van der Waals surface area contributed by atoms with Gasteiger partial charge in [0.25, 0.3) is 0 Å². The van der Waals surface area contributed by atoms with E-state index in [0.29, 0.717) is 11.3 Å². The smallest absolute Gasteiger partial charge is 0.343 e. The van der Waals surface area contributed by atoms with Crippen molar-refractivity contribution in [3.05, 3.63) is 66.2 Å². The molecule has 2 aromatic rings. The largest absolute Gasteiger partial charge is 0.423 e. The first kappa shape index (κ1) is 12.2. The second kappa shape index (κ2) is 5.36. The standard InChI is InChI=1S/C15H13BO2/c1-2-11-3-9-14(10-4-11)18-15(17)12-5-7-13(16)8-6-12/h2-10H,1,16H2. The van der Waals surface area contributed by atoms with Gasteiger partial charge in [-0.05, 0) is 29.8 Å². The zero-order chi connectivity index (χ0) is 13.0. The number of carbonyl (C=O) groups is 1. The third-order valence-electron chi connectivity index (χ3n) is 2.61. The number of hydrogen-bond acceptors (Lipinski definition) is 2. The van der Waals surface area contributed by atoms with Crippen molar-refractivity contribution in [2.75, 3.05) is 0 Å². The van der Waals surface area contributed by atoms with Gasteiger partial charge >= 0.3 is 5.97 Å². The molecule has 0 heterocycles. The lowest BCUT2D eigenvalue weighted by molar-refractivity contribution is 0.0735. The van der Waals surface area contributed by atoms with Crippen LogP contribution < -0.4 is 10.2 Å². The molecule has 0 aliphatic rings. The third-order valence-corrected chi connectivity index (χ3v) is 2.61. The Bertz CT molecular complexity index is 556. The molecule has 0 saturated carbocycles. The Labute approximate surface area is 107 Å². The van der Waals surface area contributed by atoms with Crippen LogP contribution in [0.4, 0.5) is 0 Å². The Hall–Kier alpha value is -2.29. The van der Waals surface area contributed by atoms with Crippen LogP contribution in [0.1, 0.15) is 15.9 Å². The fourth-order valence-corrected chi connectivity index (χ4v) is 1.53. The summed E-state index contributed by atoms with van der Waals surface area (Å²) in [5, 5.41) is 0. The molecule has 0 fully saturated rings. The minimum atomic E-state index is -0.346. The lowest BCUT2D eigenvalue weighted by Crippen LogP contribution is -2.10. The molecule has 0 aliphatic heterocycles. The van der Waals surface area contributed by atoms with Crippen LogP contribution in [0, 0.1) is 0 Å². The number of ether oxygens (including phenoxy) is 1. The van der Waals surface area contributed by atoms with E-state index < -0.39 is 0 Å². The summed E-state index contributed by atoms with van der Waals surface area (Å²) in [6, 6.07) is 14.5. The molecule has 0 bridgehead atoms. The molecular formula is C15H13BO2. The van der Waals surface area contributed by atoms with Gasteiger partial charge in [-0.3, -0.25) is 0 Å². The van der Waals surface area contributed by atoms with Crippen molar-refractivity contribution >= 4 is 25.4 Å². The zero-order valence-electron chi connectivity index (χ0n) is 10.2. The Morgan fingerprint density at radius 3 is 2.22 bits per heavy atom. The van der Waals surface area contributed by atoms with Gasteiger partial charge in [0, 0.05) is 0 Å². The van der Waals surface area contributed by atoms with Crippen LogP contribution in [-0.4, -0.2) is 13.8 Å². The van der Waals surface area contributed by atoms with Crippen LogP contribution in [-0.2, 0) is 0 Å². The molecule has 0 unspecified atom stereocenters. The summed E-state index contributed by atoms with van der Waals surface area (Å²) in [6.45, 7) is 3.67. The highest BCUT2D eigenvalue weighted by Crippen LogP contribution is 2.14.